The fourth-order valence-electron chi connectivity index (χ4n) is 7.42. The molecule has 0 spiro atoms. The summed E-state index contributed by atoms with van der Waals surface area (Å²) in [6, 6.07) is 0. The minimum Gasteiger partial charge on any atom is -0.114 e. The molecule has 0 aromatic rings. The van der Waals surface area contributed by atoms with Gasteiger partial charge in [0.05, 0.1) is 0 Å². The van der Waals surface area contributed by atoms with Gasteiger partial charge in [-0.1, -0.05) is 83.2 Å². The van der Waals surface area contributed by atoms with Crippen molar-refractivity contribution in [1.82, 2.24) is 0 Å². The van der Waals surface area contributed by atoms with E-state index in [9.17, 15) is 0 Å². The average Bonchev–Trinajstić information content (AvgIpc) is 2.60. The summed E-state index contributed by atoms with van der Waals surface area (Å²) in [6.07, 6.45) is 23.6. The Balaban J connectivity index is 0.00000196. The van der Waals surface area contributed by atoms with Gasteiger partial charge in [-0.25, -0.2) is 0 Å². The quantitative estimate of drug-likeness (QED) is 0.221. The zero-order valence-corrected chi connectivity index (χ0v) is 20.1. The van der Waals surface area contributed by atoms with E-state index in [1.807, 2.05) is 0 Å². The lowest BCUT2D eigenvalue weighted by Crippen LogP contribution is -2.37. The van der Waals surface area contributed by atoms with Crippen LogP contribution in [-0.2, 0) is 0 Å². The minimum absolute atomic E-state index is 0. The van der Waals surface area contributed by atoms with Crippen LogP contribution in [0.1, 0.15) is 90.9 Å². The van der Waals surface area contributed by atoms with Crippen LogP contribution >= 0.6 is 24.9 Å². The third-order valence-electron chi connectivity index (χ3n) is 8.98. The highest BCUT2D eigenvalue weighted by Crippen LogP contribution is 2.58. The SMILES string of the molecule is Br.CC1CP(CCCCCB2C3CCCC2CCC3)C2CC1CCC2C. The number of fused-ring (bicyclic) bond motifs is 4. The second-order valence-corrected chi connectivity index (χ2v) is 13.1. The standard InChI is InChI=1S/C23H42BP.BrH/c1-18-12-13-20-16-23(18)25(17-19(20)2)15-5-3-4-14-24-21-8-6-9-22(24)11-7-10-21;/h18-23H,3-17H2,1-2H3;1H. The first-order valence-corrected chi connectivity index (χ1v) is 13.7. The van der Waals surface area contributed by atoms with Gasteiger partial charge < -0.3 is 0 Å². The van der Waals surface area contributed by atoms with Crippen LogP contribution < -0.4 is 0 Å². The predicted octanol–water partition coefficient (Wildman–Crippen LogP) is 8.27. The highest BCUT2D eigenvalue weighted by molar-refractivity contribution is 8.93. The van der Waals surface area contributed by atoms with Gasteiger partial charge in [-0.15, -0.1) is 24.9 Å². The molecule has 3 aliphatic heterocycles. The van der Waals surface area contributed by atoms with Crippen molar-refractivity contribution >= 4 is 31.6 Å². The summed E-state index contributed by atoms with van der Waals surface area (Å²) in [5.41, 5.74) is 1.16. The zero-order valence-electron chi connectivity index (χ0n) is 17.5. The fraction of sp³-hybridized carbons (Fsp3) is 1.00. The molecule has 3 heteroatoms. The van der Waals surface area contributed by atoms with Gasteiger partial charge in [-0.05, 0) is 61.4 Å². The van der Waals surface area contributed by atoms with Gasteiger partial charge in [0.25, 0.3) is 0 Å². The van der Waals surface area contributed by atoms with Gasteiger partial charge in [-0.3, -0.25) is 0 Å². The van der Waals surface area contributed by atoms with Crippen molar-refractivity contribution < 1.29 is 0 Å². The van der Waals surface area contributed by atoms with Crippen LogP contribution in [0.25, 0.3) is 0 Å². The van der Waals surface area contributed by atoms with E-state index in [4.69, 9.17) is 0 Å². The normalized spacial score (nSPS) is 42.2. The molecule has 5 unspecified atom stereocenters. The van der Waals surface area contributed by atoms with E-state index >= 15 is 0 Å². The molecular weight excluding hydrogens is 398 g/mol. The summed E-state index contributed by atoms with van der Waals surface area (Å²) >= 11 is 0. The van der Waals surface area contributed by atoms with Gasteiger partial charge in [0.15, 0.2) is 0 Å². The van der Waals surface area contributed by atoms with Crippen molar-refractivity contribution in [2.45, 2.75) is 115 Å². The number of hydrogen-bond donors (Lipinski definition) is 0. The lowest BCUT2D eigenvalue weighted by molar-refractivity contribution is 0.226. The molecule has 4 bridgehead atoms. The Morgan fingerprint density at radius 2 is 1.50 bits per heavy atom. The van der Waals surface area contributed by atoms with Crippen molar-refractivity contribution in [2.24, 2.45) is 17.8 Å². The average molecular weight is 441 g/mol. The molecule has 0 radical (unpaired) electrons. The lowest BCUT2D eigenvalue weighted by atomic mass is 9.26. The minimum atomic E-state index is 0. The molecule has 26 heavy (non-hydrogen) atoms. The Hall–Kier alpha value is 0.975. The van der Waals surface area contributed by atoms with E-state index < -0.39 is 0 Å². The van der Waals surface area contributed by atoms with Crippen molar-refractivity contribution in [3.63, 3.8) is 0 Å². The molecule has 5 atom stereocenters. The van der Waals surface area contributed by atoms with Gasteiger partial charge >= 0.3 is 0 Å². The summed E-state index contributed by atoms with van der Waals surface area (Å²) in [6.45, 7) is 6.30. The van der Waals surface area contributed by atoms with Crippen LogP contribution in [0, 0.1) is 17.8 Å². The molecular formula is C23H43BBrP. The Labute approximate surface area is 176 Å². The summed E-state index contributed by atoms with van der Waals surface area (Å²) in [4.78, 5) is 0. The monoisotopic (exact) mass is 440 g/mol. The first-order chi connectivity index (χ1) is 12.2. The molecule has 3 saturated heterocycles. The molecule has 1 aliphatic carbocycles. The van der Waals surface area contributed by atoms with Gasteiger partial charge in [-0.2, -0.15) is 0 Å². The highest BCUT2D eigenvalue weighted by atomic mass is 79.9. The van der Waals surface area contributed by atoms with Gasteiger partial charge in [0.2, 0.25) is 0 Å². The van der Waals surface area contributed by atoms with Crippen LogP contribution in [0.5, 0.6) is 0 Å². The predicted molar refractivity (Wildman–Crippen MR) is 126 cm³/mol. The summed E-state index contributed by atoms with van der Waals surface area (Å²) < 4.78 is 0. The number of unbranched alkanes of at least 4 members (excludes halogenated alkanes) is 2. The van der Waals surface area contributed by atoms with E-state index in [-0.39, 0.29) is 17.0 Å². The molecule has 1 saturated carbocycles. The Kier molecular flexibility index (Phi) is 8.45. The third kappa shape index (κ3) is 4.93. The maximum atomic E-state index is 2.58. The van der Waals surface area contributed by atoms with Crippen molar-refractivity contribution in [3.05, 3.63) is 0 Å². The molecule has 3 heterocycles. The molecule has 4 rings (SSSR count). The van der Waals surface area contributed by atoms with Crippen LogP contribution in [0.15, 0.2) is 0 Å². The molecule has 0 amide bonds. The molecule has 0 N–H and O–H groups in total. The van der Waals surface area contributed by atoms with Gasteiger partial charge in [0.1, 0.15) is 6.71 Å². The number of rotatable bonds is 6. The zero-order chi connectivity index (χ0) is 17.2. The van der Waals surface area contributed by atoms with Gasteiger partial charge in [0, 0.05) is 0 Å². The molecule has 0 aromatic carbocycles. The topological polar surface area (TPSA) is 0 Å². The lowest BCUT2D eigenvalue weighted by Gasteiger charge is -2.47. The first kappa shape index (κ1) is 21.7. The maximum Gasteiger partial charge on any atom is 0.146 e. The van der Waals surface area contributed by atoms with Crippen LogP contribution in [0.3, 0.4) is 0 Å². The summed E-state index contributed by atoms with van der Waals surface area (Å²) in [5, 5.41) is 0. The molecule has 150 valence electrons. The van der Waals surface area contributed by atoms with E-state index in [2.05, 4.69) is 13.8 Å². The highest BCUT2D eigenvalue weighted by Gasteiger charge is 2.40. The van der Waals surface area contributed by atoms with E-state index in [0.717, 1.165) is 41.8 Å². The van der Waals surface area contributed by atoms with E-state index in [1.54, 1.807) is 95.7 Å². The Bertz CT molecular complexity index is 408. The van der Waals surface area contributed by atoms with Crippen LogP contribution in [-0.4, -0.2) is 24.7 Å². The molecule has 4 fully saturated rings. The molecule has 0 aromatic heterocycles. The number of hydrogen-bond acceptors (Lipinski definition) is 0. The van der Waals surface area contributed by atoms with Crippen molar-refractivity contribution in [1.29, 1.82) is 0 Å². The van der Waals surface area contributed by atoms with Crippen molar-refractivity contribution in [3.8, 4) is 0 Å². The second kappa shape index (κ2) is 10.1. The van der Waals surface area contributed by atoms with E-state index in [0.29, 0.717) is 7.92 Å². The summed E-state index contributed by atoms with van der Waals surface area (Å²) in [7, 11) is 0.370. The smallest absolute Gasteiger partial charge is 0.114 e. The second-order valence-electron chi connectivity index (χ2n) is 10.5. The first-order valence-electron chi connectivity index (χ1n) is 12.0. The third-order valence-corrected chi connectivity index (χ3v) is 12.6. The summed E-state index contributed by atoms with van der Waals surface area (Å²) in [5.74, 6) is 5.48. The van der Waals surface area contributed by atoms with Crippen LogP contribution in [0.2, 0.25) is 18.0 Å². The maximum absolute atomic E-state index is 2.58. The fourth-order valence-corrected chi connectivity index (χ4v) is 11.3. The van der Waals surface area contributed by atoms with Crippen molar-refractivity contribution in [2.75, 3.05) is 12.3 Å². The Morgan fingerprint density at radius 1 is 0.808 bits per heavy atom. The Morgan fingerprint density at radius 3 is 2.19 bits per heavy atom. The molecule has 4 aliphatic rings. The molecule has 0 nitrogen and oxygen atoms in total. The largest absolute Gasteiger partial charge is 0.146 e. The van der Waals surface area contributed by atoms with Crippen LogP contribution in [0.4, 0.5) is 0 Å². The van der Waals surface area contributed by atoms with E-state index in [1.165, 1.54) is 0 Å². The number of halogens is 1.